The zero-order chi connectivity index (χ0) is 31.3. The molecule has 0 unspecified atom stereocenters. The number of amidine groups is 1. The Labute approximate surface area is 275 Å². The van der Waals surface area contributed by atoms with Crippen LogP contribution in [0.3, 0.4) is 0 Å². The summed E-state index contributed by atoms with van der Waals surface area (Å²) >= 11 is 1.86. The van der Waals surface area contributed by atoms with E-state index >= 15 is 0 Å². The molecule has 0 aliphatic heterocycles. The first-order valence-corrected chi connectivity index (χ1v) is 16.5. The highest BCUT2D eigenvalue weighted by atomic mass is 32.1. The van der Waals surface area contributed by atoms with E-state index in [1.807, 2.05) is 59.9 Å². The highest BCUT2D eigenvalue weighted by molar-refractivity contribution is 7.27. The van der Waals surface area contributed by atoms with Crippen molar-refractivity contribution in [1.82, 2.24) is 4.57 Å². The van der Waals surface area contributed by atoms with Gasteiger partial charge in [-0.1, -0.05) is 121 Å². The van der Waals surface area contributed by atoms with Gasteiger partial charge in [0.05, 0.1) is 17.6 Å². The van der Waals surface area contributed by atoms with Gasteiger partial charge in [0.25, 0.3) is 0 Å². The fourth-order valence-electron chi connectivity index (χ4n) is 6.78. The molecule has 9 rings (SSSR count). The van der Waals surface area contributed by atoms with Gasteiger partial charge in [0.2, 0.25) is 5.96 Å². The first-order valence-electron chi connectivity index (χ1n) is 15.7. The third-order valence-corrected chi connectivity index (χ3v) is 10.2. The molecule has 0 fully saturated rings. The van der Waals surface area contributed by atoms with Crippen molar-refractivity contribution in [2.45, 2.75) is 6.54 Å². The standard InChI is InChI=1S/C42H28N4S/c1-43-41(29-15-6-3-7-16-29)45-42(44-26-27-12-4-2-5-13-27)46-35-22-23-37-39(33-21-20-28-14-10-11-19-32(28)40(33)47-37)38(35)34-24-30-17-8-9-18-31(30)25-36(34)46/h2-25H,1,26H2/b44-42?,45-41-. The van der Waals surface area contributed by atoms with Crippen molar-refractivity contribution in [3.63, 3.8) is 0 Å². The van der Waals surface area contributed by atoms with E-state index in [4.69, 9.17) is 9.98 Å². The number of aromatic nitrogens is 1. The molecule has 47 heavy (non-hydrogen) atoms. The van der Waals surface area contributed by atoms with Crippen LogP contribution >= 0.6 is 11.3 Å². The van der Waals surface area contributed by atoms with Gasteiger partial charge in [-0.15, -0.1) is 11.3 Å². The van der Waals surface area contributed by atoms with E-state index in [-0.39, 0.29) is 0 Å². The minimum absolute atomic E-state index is 0.475. The Hall–Kier alpha value is -5.91. The number of hydrogen-bond acceptors (Lipinski definition) is 2. The Morgan fingerprint density at radius 2 is 1.30 bits per heavy atom. The third kappa shape index (κ3) is 4.55. The molecule has 0 radical (unpaired) electrons. The SMILES string of the molecule is C=N/C(=N\C(=NCc1ccccc1)n1c2cc3ccccc3cc2c2c3c(ccc21)sc1c2ccccc2ccc13)c1ccccc1. The molecule has 0 saturated heterocycles. The lowest BCUT2D eigenvalue weighted by Gasteiger charge is -2.10. The number of rotatable bonds is 3. The van der Waals surface area contributed by atoms with Gasteiger partial charge in [-0.05, 0) is 58.1 Å². The lowest BCUT2D eigenvalue weighted by molar-refractivity contribution is 1.03. The molecule has 5 heteroatoms. The average molecular weight is 621 g/mol. The molecule has 0 saturated carbocycles. The van der Waals surface area contributed by atoms with Gasteiger partial charge in [0.15, 0.2) is 5.84 Å². The van der Waals surface area contributed by atoms with Crippen molar-refractivity contribution in [1.29, 1.82) is 0 Å². The number of benzene rings is 7. The van der Waals surface area contributed by atoms with Crippen LogP contribution in [0, 0.1) is 0 Å². The molecule has 0 N–H and O–H groups in total. The Morgan fingerprint density at radius 3 is 2.09 bits per heavy atom. The predicted molar refractivity (Wildman–Crippen MR) is 203 cm³/mol. The fraction of sp³-hybridized carbons (Fsp3) is 0.0238. The number of aliphatic imine (C=N–C) groups is 3. The van der Waals surface area contributed by atoms with Crippen LogP contribution in [0.2, 0.25) is 0 Å². The van der Waals surface area contributed by atoms with Gasteiger partial charge in [-0.3, -0.25) is 4.57 Å². The first kappa shape index (κ1) is 27.4. The highest BCUT2D eigenvalue weighted by Crippen LogP contribution is 2.45. The molecule has 0 aliphatic carbocycles. The number of thiophene rings is 1. The second-order valence-corrected chi connectivity index (χ2v) is 12.8. The zero-order valence-corrected chi connectivity index (χ0v) is 26.3. The minimum atomic E-state index is 0.475. The summed E-state index contributed by atoms with van der Waals surface area (Å²) in [5.74, 6) is 1.10. The van der Waals surface area contributed by atoms with Crippen LogP contribution in [-0.2, 0) is 6.54 Å². The first-order chi connectivity index (χ1) is 23.3. The highest BCUT2D eigenvalue weighted by Gasteiger charge is 2.21. The lowest BCUT2D eigenvalue weighted by Crippen LogP contribution is -2.13. The monoisotopic (exact) mass is 620 g/mol. The number of fused-ring (bicyclic) bond motifs is 10. The third-order valence-electron chi connectivity index (χ3n) is 8.95. The Bertz CT molecular complexity index is 2720. The number of nitrogens with zero attached hydrogens (tertiary/aromatic N) is 4. The minimum Gasteiger partial charge on any atom is -0.278 e. The van der Waals surface area contributed by atoms with E-state index in [0.717, 1.165) is 27.5 Å². The smallest absolute Gasteiger partial charge is 0.232 e. The summed E-state index contributed by atoms with van der Waals surface area (Å²) in [5, 5.41) is 9.82. The molecule has 0 aliphatic rings. The number of hydrogen-bond donors (Lipinski definition) is 0. The van der Waals surface area contributed by atoms with Gasteiger partial charge >= 0.3 is 0 Å². The topological polar surface area (TPSA) is 42.0 Å². The molecule has 4 nitrogen and oxygen atoms in total. The summed E-state index contributed by atoms with van der Waals surface area (Å²) < 4.78 is 4.79. The van der Waals surface area contributed by atoms with E-state index in [9.17, 15) is 0 Å². The second kappa shape index (κ2) is 11.2. The molecule has 222 valence electrons. The van der Waals surface area contributed by atoms with Crippen molar-refractivity contribution >= 4 is 93.4 Å². The molecular weight excluding hydrogens is 593 g/mol. The molecule has 0 amide bonds. The van der Waals surface area contributed by atoms with Crippen molar-refractivity contribution in [2.75, 3.05) is 0 Å². The molecule has 2 aromatic heterocycles. The normalized spacial score (nSPS) is 12.7. The van der Waals surface area contributed by atoms with Crippen molar-refractivity contribution in [3.8, 4) is 0 Å². The van der Waals surface area contributed by atoms with Crippen LogP contribution in [0.5, 0.6) is 0 Å². The van der Waals surface area contributed by atoms with E-state index in [1.54, 1.807) is 0 Å². The van der Waals surface area contributed by atoms with Crippen LogP contribution in [0.1, 0.15) is 11.1 Å². The zero-order valence-electron chi connectivity index (χ0n) is 25.5. The van der Waals surface area contributed by atoms with Crippen LogP contribution in [0.15, 0.2) is 161 Å². The molecule has 0 bridgehead atoms. The summed E-state index contributed by atoms with van der Waals surface area (Å²) in [6.07, 6.45) is 0. The van der Waals surface area contributed by atoms with Gasteiger partial charge in [0, 0.05) is 36.5 Å². The quantitative estimate of drug-likeness (QED) is 0.139. The predicted octanol–water partition coefficient (Wildman–Crippen LogP) is 11.0. The average Bonchev–Trinajstić information content (AvgIpc) is 3.67. The molecule has 9 aromatic rings. The van der Waals surface area contributed by atoms with E-state index in [1.165, 1.54) is 47.1 Å². The Balaban J connectivity index is 1.42. The maximum absolute atomic E-state index is 5.21. The Morgan fingerprint density at radius 1 is 0.596 bits per heavy atom. The summed E-state index contributed by atoms with van der Waals surface area (Å²) in [4.78, 5) is 14.8. The van der Waals surface area contributed by atoms with Crippen LogP contribution < -0.4 is 0 Å². The van der Waals surface area contributed by atoms with Crippen LogP contribution in [-0.4, -0.2) is 23.1 Å². The van der Waals surface area contributed by atoms with Gasteiger partial charge in [-0.2, -0.15) is 4.99 Å². The molecule has 0 atom stereocenters. The largest absolute Gasteiger partial charge is 0.278 e. The summed E-state index contributed by atoms with van der Waals surface area (Å²) in [6, 6.07) is 51.2. The maximum Gasteiger partial charge on any atom is 0.232 e. The lowest BCUT2D eigenvalue weighted by atomic mass is 10.0. The summed E-state index contributed by atoms with van der Waals surface area (Å²) in [5.41, 5.74) is 4.11. The van der Waals surface area contributed by atoms with E-state index < -0.39 is 0 Å². The second-order valence-electron chi connectivity index (χ2n) is 11.7. The van der Waals surface area contributed by atoms with Crippen molar-refractivity contribution < 1.29 is 0 Å². The van der Waals surface area contributed by atoms with Gasteiger partial charge < -0.3 is 0 Å². The molecule has 2 heterocycles. The van der Waals surface area contributed by atoms with Crippen LogP contribution in [0.25, 0.3) is 63.5 Å². The molecule has 7 aromatic carbocycles. The van der Waals surface area contributed by atoms with Gasteiger partial charge in [0.1, 0.15) is 0 Å². The maximum atomic E-state index is 5.21. The Kier molecular flexibility index (Phi) is 6.51. The summed E-state index contributed by atoms with van der Waals surface area (Å²) in [6.45, 7) is 4.38. The molecule has 0 spiro atoms. The fourth-order valence-corrected chi connectivity index (χ4v) is 8.02. The van der Waals surface area contributed by atoms with E-state index in [2.05, 4.69) is 113 Å². The van der Waals surface area contributed by atoms with E-state index in [0.29, 0.717) is 18.3 Å². The van der Waals surface area contributed by atoms with Gasteiger partial charge in [-0.25, -0.2) is 9.98 Å². The summed E-state index contributed by atoms with van der Waals surface area (Å²) in [7, 11) is 0. The van der Waals surface area contributed by atoms with Crippen molar-refractivity contribution in [2.24, 2.45) is 15.0 Å². The van der Waals surface area contributed by atoms with Crippen LogP contribution in [0.4, 0.5) is 0 Å². The molecular formula is C42H28N4S. The van der Waals surface area contributed by atoms with Crippen molar-refractivity contribution in [3.05, 3.63) is 157 Å².